The van der Waals surface area contributed by atoms with Gasteiger partial charge in [-0.25, -0.2) is 0 Å². The number of phenols is 1. The molecular weight excluding hydrogens is 308 g/mol. The zero-order chi connectivity index (χ0) is 18.1. The molecule has 0 saturated heterocycles. The van der Waals surface area contributed by atoms with Gasteiger partial charge in [0, 0.05) is 0 Å². The molecule has 25 heavy (non-hydrogen) atoms. The summed E-state index contributed by atoms with van der Waals surface area (Å²) in [6.45, 7) is 9.56. The highest BCUT2D eigenvalue weighted by molar-refractivity contribution is 5.48. The molecule has 1 fully saturated rings. The Kier molecular flexibility index (Phi) is 6.88. The minimum absolute atomic E-state index is 0.0495. The fourth-order valence-electron chi connectivity index (χ4n) is 2.97. The van der Waals surface area contributed by atoms with Crippen LogP contribution in [0.5, 0.6) is 11.5 Å². The molecule has 1 N–H and O–H groups in total. The van der Waals surface area contributed by atoms with Crippen molar-refractivity contribution in [2.45, 2.75) is 44.6 Å². The molecule has 0 heterocycles. The largest absolute Gasteiger partial charge is 0.508 e. The molecule has 2 heteroatoms. The first-order valence-electron chi connectivity index (χ1n) is 8.88. The maximum atomic E-state index is 8.82. The second-order valence-corrected chi connectivity index (χ2v) is 6.68. The highest BCUT2D eigenvalue weighted by atomic mass is 16.5. The van der Waals surface area contributed by atoms with Crippen LogP contribution in [0.3, 0.4) is 0 Å². The van der Waals surface area contributed by atoms with Gasteiger partial charge in [-0.1, -0.05) is 56.0 Å². The summed E-state index contributed by atoms with van der Waals surface area (Å²) >= 11 is 0. The lowest BCUT2D eigenvalue weighted by atomic mass is 9.86. The third kappa shape index (κ3) is 6.15. The van der Waals surface area contributed by atoms with Crippen molar-refractivity contribution >= 4 is 12.2 Å². The summed E-state index contributed by atoms with van der Waals surface area (Å²) in [5.41, 5.74) is 2.21. The van der Waals surface area contributed by atoms with Gasteiger partial charge in [-0.3, -0.25) is 0 Å². The Morgan fingerprint density at radius 1 is 0.840 bits per heavy atom. The number of hydrogen-bond donors (Lipinski definition) is 1. The predicted molar refractivity (Wildman–Crippen MR) is 107 cm³/mol. The van der Waals surface area contributed by atoms with E-state index in [1.165, 1.54) is 32.1 Å². The van der Waals surface area contributed by atoms with Crippen LogP contribution in [-0.2, 0) is 0 Å². The zero-order valence-electron chi connectivity index (χ0n) is 15.1. The van der Waals surface area contributed by atoms with Crippen molar-refractivity contribution in [2.75, 3.05) is 0 Å². The third-order valence-corrected chi connectivity index (χ3v) is 4.52. The molecule has 0 aliphatic heterocycles. The Morgan fingerprint density at radius 3 is 1.80 bits per heavy atom. The second-order valence-electron chi connectivity index (χ2n) is 6.68. The van der Waals surface area contributed by atoms with Crippen LogP contribution >= 0.6 is 0 Å². The number of hydrogen-bond acceptors (Lipinski definition) is 2. The first-order chi connectivity index (χ1) is 12.0. The maximum absolute atomic E-state index is 8.82. The number of aromatic hydroxyl groups is 1. The summed E-state index contributed by atoms with van der Waals surface area (Å²) in [7, 11) is 0. The van der Waals surface area contributed by atoms with Gasteiger partial charge in [-0.15, -0.1) is 0 Å². The third-order valence-electron chi connectivity index (χ3n) is 4.52. The molecule has 1 aliphatic carbocycles. The molecule has 132 valence electrons. The van der Waals surface area contributed by atoms with E-state index in [2.05, 4.69) is 32.2 Å². The van der Waals surface area contributed by atoms with E-state index in [4.69, 9.17) is 9.84 Å². The van der Waals surface area contributed by atoms with Crippen LogP contribution in [-0.4, -0.2) is 10.7 Å². The molecule has 1 aliphatic rings. The van der Waals surface area contributed by atoms with Crippen molar-refractivity contribution in [3.63, 3.8) is 0 Å². The van der Waals surface area contributed by atoms with E-state index in [9.17, 15) is 0 Å². The van der Waals surface area contributed by atoms with E-state index in [-0.39, 0.29) is 5.60 Å². The van der Waals surface area contributed by atoms with Crippen LogP contribution in [0.2, 0.25) is 0 Å². The van der Waals surface area contributed by atoms with Crippen molar-refractivity contribution in [2.24, 2.45) is 0 Å². The molecule has 1 saturated carbocycles. The fourth-order valence-corrected chi connectivity index (χ4v) is 2.97. The van der Waals surface area contributed by atoms with Gasteiger partial charge >= 0.3 is 0 Å². The van der Waals surface area contributed by atoms with Crippen LogP contribution < -0.4 is 4.74 Å². The quantitative estimate of drug-likeness (QED) is 0.693. The molecule has 2 nitrogen and oxygen atoms in total. The topological polar surface area (TPSA) is 29.5 Å². The highest BCUT2D eigenvalue weighted by Gasteiger charge is 2.28. The number of benzene rings is 2. The standard InChI is InChI=1S/C15H20O.C8H8O/c1-3-13-7-9-14(10-8-13)16-15(2)11-5-4-6-12-15;1-2-7-3-5-8(9)6-4-7/h3,7-10H,1,4-6,11-12H2,2H3;2-6,9H,1H2. The fraction of sp³-hybridized carbons (Fsp3) is 0.304. The van der Waals surface area contributed by atoms with E-state index >= 15 is 0 Å². The minimum atomic E-state index is 0.0495. The highest BCUT2D eigenvalue weighted by Crippen LogP contribution is 2.32. The Morgan fingerprint density at radius 2 is 1.32 bits per heavy atom. The minimum Gasteiger partial charge on any atom is -0.508 e. The molecule has 0 unspecified atom stereocenters. The van der Waals surface area contributed by atoms with Crippen molar-refractivity contribution in [3.05, 3.63) is 72.8 Å². The van der Waals surface area contributed by atoms with Crippen LogP contribution in [0, 0.1) is 0 Å². The van der Waals surface area contributed by atoms with E-state index in [1.54, 1.807) is 18.2 Å². The average molecular weight is 336 g/mol. The smallest absolute Gasteiger partial charge is 0.120 e. The molecule has 3 rings (SSSR count). The van der Waals surface area contributed by atoms with Crippen LogP contribution in [0.4, 0.5) is 0 Å². The van der Waals surface area contributed by atoms with Crippen molar-refractivity contribution in [1.29, 1.82) is 0 Å². The van der Waals surface area contributed by atoms with Gasteiger partial charge in [0.1, 0.15) is 17.1 Å². The lowest BCUT2D eigenvalue weighted by Gasteiger charge is -2.34. The maximum Gasteiger partial charge on any atom is 0.120 e. The summed E-state index contributed by atoms with van der Waals surface area (Å²) in [6, 6.07) is 15.1. The zero-order valence-corrected chi connectivity index (χ0v) is 15.1. The molecule has 2 aromatic rings. The number of phenolic OH excluding ortho intramolecular Hbond substituents is 1. The Labute approximate surface area is 151 Å². The Hall–Kier alpha value is -2.48. The van der Waals surface area contributed by atoms with Crippen LogP contribution in [0.1, 0.15) is 50.2 Å². The molecule has 0 radical (unpaired) electrons. The molecule has 0 spiro atoms. The summed E-state index contributed by atoms with van der Waals surface area (Å²) in [6.07, 6.45) is 9.88. The molecule has 0 aromatic heterocycles. The normalized spacial score (nSPS) is 15.4. The molecule has 0 amide bonds. The first-order valence-corrected chi connectivity index (χ1v) is 8.88. The van der Waals surface area contributed by atoms with Gasteiger partial charge in [0.2, 0.25) is 0 Å². The number of ether oxygens (including phenoxy) is 1. The van der Waals surface area contributed by atoms with Crippen molar-refractivity contribution in [1.82, 2.24) is 0 Å². The molecule has 0 bridgehead atoms. The van der Waals surface area contributed by atoms with Crippen LogP contribution in [0.15, 0.2) is 61.7 Å². The average Bonchev–Trinajstić information content (AvgIpc) is 2.64. The summed E-state index contributed by atoms with van der Waals surface area (Å²) in [5.74, 6) is 1.27. The van der Waals surface area contributed by atoms with Gasteiger partial charge < -0.3 is 9.84 Å². The van der Waals surface area contributed by atoms with E-state index in [0.717, 1.165) is 16.9 Å². The Bertz CT molecular complexity index is 662. The van der Waals surface area contributed by atoms with Gasteiger partial charge in [-0.2, -0.15) is 0 Å². The summed E-state index contributed by atoms with van der Waals surface area (Å²) in [4.78, 5) is 0. The SMILES string of the molecule is C=Cc1ccc(O)cc1.C=Cc1ccc(OC2(C)CCCCC2)cc1. The van der Waals surface area contributed by atoms with Gasteiger partial charge in [-0.05, 0) is 68.0 Å². The van der Waals surface area contributed by atoms with E-state index in [1.807, 2.05) is 30.3 Å². The molecule has 2 aromatic carbocycles. The predicted octanol–water partition coefficient (Wildman–Crippen LogP) is 6.47. The van der Waals surface area contributed by atoms with Crippen molar-refractivity contribution < 1.29 is 9.84 Å². The van der Waals surface area contributed by atoms with E-state index < -0.39 is 0 Å². The van der Waals surface area contributed by atoms with E-state index in [0.29, 0.717) is 5.75 Å². The van der Waals surface area contributed by atoms with Gasteiger partial charge in [0.15, 0.2) is 0 Å². The summed E-state index contributed by atoms with van der Waals surface area (Å²) in [5, 5.41) is 8.82. The second kappa shape index (κ2) is 9.12. The number of rotatable bonds is 4. The van der Waals surface area contributed by atoms with Gasteiger partial charge in [0.25, 0.3) is 0 Å². The first kappa shape index (κ1) is 18.9. The molecule has 0 atom stereocenters. The van der Waals surface area contributed by atoms with Crippen molar-refractivity contribution in [3.8, 4) is 11.5 Å². The molecular formula is C23H28O2. The van der Waals surface area contributed by atoms with Crippen LogP contribution in [0.25, 0.3) is 12.2 Å². The van der Waals surface area contributed by atoms with Gasteiger partial charge in [0.05, 0.1) is 0 Å². The monoisotopic (exact) mass is 336 g/mol. The lowest BCUT2D eigenvalue weighted by molar-refractivity contribution is 0.0487. The Balaban J connectivity index is 0.000000212. The summed E-state index contributed by atoms with van der Waals surface area (Å²) < 4.78 is 6.11. The lowest BCUT2D eigenvalue weighted by Crippen LogP contribution is -2.34.